The number of halogens is 2. The number of carbonyl (C=O) groups excluding carboxylic acids is 2. The van der Waals surface area contributed by atoms with Crippen LogP contribution < -0.4 is 4.90 Å². The molecule has 2 aliphatic heterocycles. The number of ether oxygens (including phenoxy) is 1. The first-order valence-corrected chi connectivity index (χ1v) is 9.78. The summed E-state index contributed by atoms with van der Waals surface area (Å²) >= 11 is 6.01. The van der Waals surface area contributed by atoms with Crippen LogP contribution in [-0.4, -0.2) is 42.0 Å². The number of morpholine rings is 1. The molecule has 2 aromatic carbocycles. The van der Waals surface area contributed by atoms with Gasteiger partial charge in [0.15, 0.2) is 0 Å². The zero-order valence-corrected chi connectivity index (χ0v) is 16.8. The Morgan fingerprint density at radius 2 is 1.52 bits per heavy atom. The summed E-state index contributed by atoms with van der Waals surface area (Å²) in [6.45, 7) is 4.86. The molecular formula is C22H20ClFN2O3. The molecule has 1 fully saturated rings. The SMILES string of the molecule is CC1CN(C2=C(c3ccc(Cl)cc3)C(=O)N(c3ccc(F)cc3)C2=O)CC(C)O1. The van der Waals surface area contributed by atoms with E-state index in [0.29, 0.717) is 40.6 Å². The van der Waals surface area contributed by atoms with Crippen molar-refractivity contribution in [2.75, 3.05) is 18.0 Å². The van der Waals surface area contributed by atoms with Crippen LogP contribution in [0, 0.1) is 5.82 Å². The minimum atomic E-state index is -0.439. The van der Waals surface area contributed by atoms with Gasteiger partial charge in [0, 0.05) is 18.1 Å². The quantitative estimate of drug-likeness (QED) is 0.715. The van der Waals surface area contributed by atoms with Crippen LogP contribution in [0.4, 0.5) is 10.1 Å². The first-order chi connectivity index (χ1) is 13.8. The summed E-state index contributed by atoms with van der Waals surface area (Å²) in [6, 6.07) is 12.1. The zero-order valence-electron chi connectivity index (χ0n) is 16.1. The van der Waals surface area contributed by atoms with Gasteiger partial charge in [-0.2, -0.15) is 0 Å². The number of carbonyl (C=O) groups is 2. The van der Waals surface area contributed by atoms with Gasteiger partial charge in [0.2, 0.25) is 0 Å². The van der Waals surface area contributed by atoms with Crippen molar-refractivity contribution in [1.82, 2.24) is 4.90 Å². The molecule has 0 radical (unpaired) electrons. The van der Waals surface area contributed by atoms with Gasteiger partial charge in [0.1, 0.15) is 11.5 Å². The van der Waals surface area contributed by atoms with Crippen LogP contribution in [0.5, 0.6) is 0 Å². The second-order valence-electron chi connectivity index (χ2n) is 7.31. The lowest BCUT2D eigenvalue weighted by atomic mass is 10.0. The lowest BCUT2D eigenvalue weighted by molar-refractivity contribution is -0.121. The Balaban J connectivity index is 1.82. The first kappa shape index (κ1) is 19.6. The van der Waals surface area contributed by atoms with Crippen molar-refractivity contribution in [1.29, 1.82) is 0 Å². The number of hydrogen-bond donors (Lipinski definition) is 0. The van der Waals surface area contributed by atoms with E-state index in [9.17, 15) is 14.0 Å². The van der Waals surface area contributed by atoms with Gasteiger partial charge >= 0.3 is 0 Å². The second kappa shape index (κ2) is 7.61. The molecule has 2 heterocycles. The molecule has 150 valence electrons. The molecule has 2 aromatic rings. The van der Waals surface area contributed by atoms with Crippen LogP contribution in [0.15, 0.2) is 54.2 Å². The van der Waals surface area contributed by atoms with E-state index in [4.69, 9.17) is 16.3 Å². The van der Waals surface area contributed by atoms with E-state index in [0.717, 1.165) is 4.90 Å². The van der Waals surface area contributed by atoms with Crippen LogP contribution in [-0.2, 0) is 14.3 Å². The van der Waals surface area contributed by atoms with Gasteiger partial charge in [0.25, 0.3) is 11.8 Å². The molecule has 29 heavy (non-hydrogen) atoms. The third-order valence-corrected chi connectivity index (χ3v) is 5.26. The van der Waals surface area contributed by atoms with Crippen LogP contribution in [0.3, 0.4) is 0 Å². The Morgan fingerprint density at radius 3 is 2.10 bits per heavy atom. The highest BCUT2D eigenvalue weighted by Gasteiger charge is 2.43. The number of amides is 2. The predicted octanol–water partition coefficient (Wildman–Crippen LogP) is 3.87. The Bertz CT molecular complexity index is 978. The van der Waals surface area contributed by atoms with Crippen LogP contribution in [0.25, 0.3) is 5.57 Å². The smallest absolute Gasteiger partial charge is 0.282 e. The predicted molar refractivity (Wildman–Crippen MR) is 109 cm³/mol. The number of benzene rings is 2. The van der Waals surface area contributed by atoms with Gasteiger partial charge in [-0.05, 0) is 55.8 Å². The molecule has 2 amide bonds. The summed E-state index contributed by atoms with van der Waals surface area (Å²) in [5.41, 5.74) is 1.59. The van der Waals surface area contributed by atoms with Crippen molar-refractivity contribution in [2.45, 2.75) is 26.1 Å². The molecule has 0 aromatic heterocycles. The maximum absolute atomic E-state index is 13.4. The number of anilines is 1. The molecule has 0 bridgehead atoms. The Hall–Kier alpha value is -2.70. The van der Waals surface area contributed by atoms with Crippen molar-refractivity contribution in [3.63, 3.8) is 0 Å². The topological polar surface area (TPSA) is 49.9 Å². The minimum Gasteiger partial charge on any atom is -0.372 e. The number of rotatable bonds is 3. The average molecular weight is 415 g/mol. The fraction of sp³-hybridized carbons (Fsp3) is 0.273. The highest BCUT2D eigenvalue weighted by molar-refractivity contribution is 6.45. The average Bonchev–Trinajstić information content (AvgIpc) is 2.93. The van der Waals surface area contributed by atoms with Crippen molar-refractivity contribution < 1.29 is 18.7 Å². The fourth-order valence-corrected chi connectivity index (χ4v) is 4.00. The second-order valence-corrected chi connectivity index (χ2v) is 7.75. The van der Waals surface area contributed by atoms with E-state index in [1.165, 1.54) is 24.3 Å². The number of nitrogens with zero attached hydrogens (tertiary/aromatic N) is 2. The molecule has 0 aliphatic carbocycles. The van der Waals surface area contributed by atoms with Gasteiger partial charge in [-0.3, -0.25) is 9.59 Å². The third-order valence-electron chi connectivity index (χ3n) is 5.01. The van der Waals surface area contributed by atoms with Gasteiger partial charge in [-0.25, -0.2) is 9.29 Å². The Morgan fingerprint density at radius 1 is 0.931 bits per heavy atom. The summed E-state index contributed by atoms with van der Waals surface area (Å²) in [7, 11) is 0. The largest absolute Gasteiger partial charge is 0.372 e. The molecular weight excluding hydrogens is 395 g/mol. The highest BCUT2D eigenvalue weighted by Crippen LogP contribution is 2.36. The Kier molecular flexibility index (Phi) is 5.15. The summed E-state index contributed by atoms with van der Waals surface area (Å²) in [6.07, 6.45) is -0.166. The van der Waals surface area contributed by atoms with Gasteiger partial charge in [-0.15, -0.1) is 0 Å². The van der Waals surface area contributed by atoms with Crippen LogP contribution in [0.2, 0.25) is 5.02 Å². The summed E-state index contributed by atoms with van der Waals surface area (Å²) in [4.78, 5) is 29.8. The van der Waals surface area contributed by atoms with E-state index in [-0.39, 0.29) is 12.2 Å². The first-order valence-electron chi connectivity index (χ1n) is 9.40. The standard InChI is InChI=1S/C22H20ClFN2O3/c1-13-11-25(12-14(2)29-13)20-19(15-3-5-16(23)6-4-15)21(27)26(22(20)28)18-9-7-17(24)8-10-18/h3-10,13-14H,11-12H2,1-2H3. The van der Waals surface area contributed by atoms with Gasteiger partial charge in [0.05, 0.1) is 23.5 Å². The minimum absolute atomic E-state index is 0.0829. The fourth-order valence-electron chi connectivity index (χ4n) is 3.87. The van der Waals surface area contributed by atoms with E-state index in [2.05, 4.69) is 0 Å². The Labute approximate surface area is 173 Å². The number of imide groups is 1. The van der Waals surface area contributed by atoms with Crippen LogP contribution >= 0.6 is 11.6 Å². The molecule has 2 aliphatic rings. The molecule has 2 atom stereocenters. The van der Waals surface area contributed by atoms with E-state index in [1.807, 2.05) is 18.7 Å². The lowest BCUT2D eigenvalue weighted by Gasteiger charge is -2.37. The normalized spacial score (nSPS) is 22.6. The molecule has 0 saturated carbocycles. The summed E-state index contributed by atoms with van der Waals surface area (Å²) in [5.74, 6) is -1.30. The summed E-state index contributed by atoms with van der Waals surface area (Å²) < 4.78 is 19.2. The number of hydrogen-bond acceptors (Lipinski definition) is 4. The molecule has 7 heteroatoms. The molecule has 0 N–H and O–H groups in total. The lowest BCUT2D eigenvalue weighted by Crippen LogP contribution is -2.47. The molecule has 0 spiro atoms. The van der Waals surface area contributed by atoms with E-state index < -0.39 is 17.6 Å². The van der Waals surface area contributed by atoms with Gasteiger partial charge in [-0.1, -0.05) is 23.7 Å². The van der Waals surface area contributed by atoms with Crippen LogP contribution in [0.1, 0.15) is 19.4 Å². The van der Waals surface area contributed by atoms with Gasteiger partial charge < -0.3 is 9.64 Å². The molecule has 4 rings (SSSR count). The van der Waals surface area contributed by atoms with Crippen molar-refractivity contribution in [2.24, 2.45) is 0 Å². The summed E-state index contributed by atoms with van der Waals surface area (Å²) in [5, 5.41) is 0.539. The molecule has 1 saturated heterocycles. The maximum Gasteiger partial charge on any atom is 0.282 e. The zero-order chi connectivity index (χ0) is 20.7. The molecule has 2 unspecified atom stereocenters. The monoisotopic (exact) mass is 414 g/mol. The third kappa shape index (κ3) is 3.66. The highest BCUT2D eigenvalue weighted by atomic mass is 35.5. The van der Waals surface area contributed by atoms with E-state index >= 15 is 0 Å². The van der Waals surface area contributed by atoms with Crippen molar-refractivity contribution >= 4 is 34.7 Å². The van der Waals surface area contributed by atoms with Crippen molar-refractivity contribution in [3.8, 4) is 0 Å². The maximum atomic E-state index is 13.4. The van der Waals surface area contributed by atoms with E-state index in [1.54, 1.807) is 24.3 Å². The molecule has 5 nitrogen and oxygen atoms in total. The van der Waals surface area contributed by atoms with Crippen molar-refractivity contribution in [3.05, 3.63) is 70.6 Å².